The van der Waals surface area contributed by atoms with Gasteiger partial charge in [-0.3, -0.25) is 0 Å². The number of primary sulfonamides is 1. The van der Waals surface area contributed by atoms with E-state index < -0.39 is 10.0 Å². The van der Waals surface area contributed by atoms with Crippen LogP contribution in [-0.2, 0) is 10.0 Å². The number of phenolic OH excluding ortho intramolecular Hbond substituents is 1. The molecule has 1 rings (SSSR count). The highest BCUT2D eigenvalue weighted by atomic mass is 32.2. The third-order valence-electron chi connectivity index (χ3n) is 1.45. The molecule has 1 aromatic carbocycles. The van der Waals surface area contributed by atoms with Crippen LogP contribution in [0.15, 0.2) is 28.0 Å². The summed E-state index contributed by atoms with van der Waals surface area (Å²) in [6, 6.07) is 3.94. The number of rotatable bonds is 2. The first-order chi connectivity index (χ1) is 5.95. The molecule has 0 radical (unpaired) electrons. The van der Waals surface area contributed by atoms with E-state index in [-0.39, 0.29) is 10.6 Å². The molecule has 0 spiro atoms. The van der Waals surface area contributed by atoms with E-state index in [0.717, 1.165) is 0 Å². The smallest absolute Gasteiger partial charge is 0.239 e. The largest absolute Gasteiger partial charge is 0.508 e. The molecule has 13 heavy (non-hydrogen) atoms. The summed E-state index contributed by atoms with van der Waals surface area (Å²) in [6.07, 6.45) is 1.71. The van der Waals surface area contributed by atoms with Crippen LogP contribution in [0, 0.1) is 0 Å². The van der Waals surface area contributed by atoms with Crippen molar-refractivity contribution in [1.82, 2.24) is 0 Å². The minimum absolute atomic E-state index is 0.0248. The predicted molar refractivity (Wildman–Crippen MR) is 51.3 cm³/mol. The molecule has 4 nitrogen and oxygen atoms in total. The Morgan fingerprint density at radius 2 is 2.08 bits per heavy atom. The number of aromatic hydroxyl groups is 1. The van der Waals surface area contributed by atoms with E-state index in [2.05, 4.69) is 0 Å². The molecule has 0 aliphatic carbocycles. The number of nitrogens with two attached hydrogens (primary N) is 1. The second-order valence-electron chi connectivity index (χ2n) is 2.38. The van der Waals surface area contributed by atoms with Crippen LogP contribution in [0.3, 0.4) is 0 Å². The van der Waals surface area contributed by atoms with Crippen LogP contribution in [0.2, 0.25) is 0 Å². The highest BCUT2D eigenvalue weighted by molar-refractivity contribution is 7.99. The molecule has 0 unspecified atom stereocenters. The Labute approximate surface area is 80.8 Å². The highest BCUT2D eigenvalue weighted by Gasteiger charge is 2.13. The zero-order valence-electron chi connectivity index (χ0n) is 6.89. The monoisotopic (exact) mass is 219 g/mol. The molecule has 0 saturated carbocycles. The van der Waals surface area contributed by atoms with Crippen molar-refractivity contribution in [3.63, 3.8) is 0 Å². The zero-order valence-corrected chi connectivity index (χ0v) is 8.52. The van der Waals surface area contributed by atoms with Crippen LogP contribution < -0.4 is 5.14 Å². The quantitative estimate of drug-likeness (QED) is 0.720. The van der Waals surface area contributed by atoms with E-state index in [1.165, 1.54) is 30.0 Å². The van der Waals surface area contributed by atoms with Crippen LogP contribution in [0.25, 0.3) is 0 Å². The van der Waals surface area contributed by atoms with Crippen molar-refractivity contribution in [2.75, 3.05) is 6.26 Å². The van der Waals surface area contributed by atoms with Gasteiger partial charge in [-0.25, -0.2) is 13.6 Å². The average molecular weight is 219 g/mol. The van der Waals surface area contributed by atoms with Crippen LogP contribution in [0.1, 0.15) is 0 Å². The summed E-state index contributed by atoms with van der Waals surface area (Å²) >= 11 is 1.22. The van der Waals surface area contributed by atoms with Gasteiger partial charge >= 0.3 is 0 Å². The van der Waals surface area contributed by atoms with Crippen LogP contribution in [0.5, 0.6) is 5.75 Å². The maximum absolute atomic E-state index is 11.0. The average Bonchev–Trinajstić information content (AvgIpc) is 2.01. The van der Waals surface area contributed by atoms with Crippen molar-refractivity contribution in [2.45, 2.75) is 9.79 Å². The summed E-state index contributed by atoms with van der Waals surface area (Å²) in [7, 11) is -3.69. The zero-order chi connectivity index (χ0) is 10.1. The molecule has 1 aromatic rings. The third-order valence-corrected chi connectivity index (χ3v) is 3.33. The molecule has 72 valence electrons. The standard InChI is InChI=1S/C7H9NO3S2/c1-12-6-4-5(9)2-3-7(6)13(8,10)11/h2-4,9H,1H3,(H2,8,10,11). The third kappa shape index (κ3) is 2.36. The van der Waals surface area contributed by atoms with E-state index in [0.29, 0.717) is 4.90 Å². The van der Waals surface area contributed by atoms with Crippen LogP contribution in [0.4, 0.5) is 0 Å². The molecule has 0 saturated heterocycles. The van der Waals surface area contributed by atoms with Gasteiger partial charge in [-0.1, -0.05) is 0 Å². The molecule has 0 aromatic heterocycles. The van der Waals surface area contributed by atoms with Gasteiger partial charge < -0.3 is 5.11 Å². The topological polar surface area (TPSA) is 80.4 Å². The first-order valence-corrected chi connectivity index (χ1v) is 6.12. The van der Waals surface area contributed by atoms with Crippen molar-refractivity contribution in [2.24, 2.45) is 5.14 Å². The van der Waals surface area contributed by atoms with Gasteiger partial charge in [0.05, 0.1) is 4.90 Å². The Morgan fingerprint density at radius 3 is 2.54 bits per heavy atom. The van der Waals surface area contributed by atoms with Gasteiger partial charge in [-0.2, -0.15) is 0 Å². The summed E-state index contributed by atoms with van der Waals surface area (Å²) in [6.45, 7) is 0. The van der Waals surface area contributed by atoms with Gasteiger partial charge in [0.1, 0.15) is 5.75 Å². The normalized spacial score (nSPS) is 11.5. The lowest BCUT2D eigenvalue weighted by atomic mass is 10.3. The second kappa shape index (κ2) is 3.57. The maximum atomic E-state index is 11.0. The van der Waals surface area contributed by atoms with Gasteiger partial charge in [-0.05, 0) is 24.5 Å². The van der Waals surface area contributed by atoms with Crippen LogP contribution >= 0.6 is 11.8 Å². The molecule has 0 bridgehead atoms. The molecule has 3 N–H and O–H groups in total. The molecule has 0 amide bonds. The Kier molecular flexibility index (Phi) is 2.84. The lowest BCUT2D eigenvalue weighted by molar-refractivity contribution is 0.473. The number of hydrogen-bond donors (Lipinski definition) is 2. The molecule has 0 fully saturated rings. The minimum Gasteiger partial charge on any atom is -0.508 e. The van der Waals surface area contributed by atoms with Gasteiger partial charge in [0, 0.05) is 4.90 Å². The molecule has 0 atom stereocenters. The maximum Gasteiger partial charge on any atom is 0.239 e. The molecule has 0 aliphatic rings. The van der Waals surface area contributed by atoms with E-state index in [1.54, 1.807) is 6.26 Å². The van der Waals surface area contributed by atoms with E-state index in [4.69, 9.17) is 10.2 Å². The first-order valence-electron chi connectivity index (χ1n) is 3.35. The summed E-state index contributed by atoms with van der Waals surface area (Å²) in [5, 5.41) is 14.0. The Bertz CT molecular complexity index is 414. The lowest BCUT2D eigenvalue weighted by Gasteiger charge is -2.04. The SMILES string of the molecule is CSc1cc(O)ccc1S(N)(=O)=O. The summed E-state index contributed by atoms with van der Waals surface area (Å²) < 4.78 is 22.0. The fourth-order valence-corrected chi connectivity index (χ4v) is 2.59. The van der Waals surface area contributed by atoms with Crippen molar-refractivity contribution >= 4 is 21.8 Å². The Hall–Kier alpha value is -0.720. The first kappa shape index (κ1) is 10.4. The van der Waals surface area contributed by atoms with Crippen molar-refractivity contribution in [3.05, 3.63) is 18.2 Å². The molecular weight excluding hydrogens is 210 g/mol. The van der Waals surface area contributed by atoms with Crippen molar-refractivity contribution < 1.29 is 13.5 Å². The highest BCUT2D eigenvalue weighted by Crippen LogP contribution is 2.27. The number of thioether (sulfide) groups is 1. The fraction of sp³-hybridized carbons (Fsp3) is 0.143. The minimum atomic E-state index is -3.69. The van der Waals surface area contributed by atoms with Gasteiger partial charge in [0.15, 0.2) is 0 Å². The summed E-state index contributed by atoms with van der Waals surface area (Å²) in [4.78, 5) is 0.486. The van der Waals surface area contributed by atoms with Crippen LogP contribution in [-0.4, -0.2) is 19.8 Å². The van der Waals surface area contributed by atoms with E-state index in [1.807, 2.05) is 0 Å². The molecule has 0 aliphatic heterocycles. The number of benzene rings is 1. The number of phenols is 1. The van der Waals surface area contributed by atoms with Gasteiger partial charge in [-0.15, -0.1) is 11.8 Å². The van der Waals surface area contributed by atoms with Crippen molar-refractivity contribution in [1.29, 1.82) is 0 Å². The second-order valence-corrected chi connectivity index (χ2v) is 4.76. The molecule has 6 heteroatoms. The van der Waals surface area contributed by atoms with Gasteiger partial charge in [0.2, 0.25) is 10.0 Å². The molecular formula is C7H9NO3S2. The van der Waals surface area contributed by atoms with Crippen molar-refractivity contribution in [3.8, 4) is 5.75 Å². The summed E-state index contributed by atoms with van der Waals surface area (Å²) in [5.74, 6) is 0.0248. The summed E-state index contributed by atoms with van der Waals surface area (Å²) in [5.41, 5.74) is 0. The number of hydrogen-bond acceptors (Lipinski definition) is 4. The Morgan fingerprint density at radius 1 is 1.46 bits per heavy atom. The lowest BCUT2D eigenvalue weighted by Crippen LogP contribution is -2.12. The number of sulfonamides is 1. The van der Waals surface area contributed by atoms with Gasteiger partial charge in [0.25, 0.3) is 0 Å². The van der Waals surface area contributed by atoms with E-state index in [9.17, 15) is 8.42 Å². The Balaban J connectivity index is 3.39. The van der Waals surface area contributed by atoms with E-state index >= 15 is 0 Å². The molecule has 0 heterocycles. The predicted octanol–water partition coefficient (Wildman–Crippen LogP) is 0.762. The fourth-order valence-electron chi connectivity index (χ4n) is 0.891.